The first-order valence-electron chi connectivity index (χ1n) is 6.21. The number of ether oxygens (including phenoxy) is 2. The summed E-state index contributed by atoms with van der Waals surface area (Å²) in [5.41, 5.74) is 1.40. The van der Waals surface area contributed by atoms with Gasteiger partial charge < -0.3 is 9.47 Å². The van der Waals surface area contributed by atoms with Crippen molar-refractivity contribution in [1.82, 2.24) is 0 Å². The van der Waals surface area contributed by atoms with Gasteiger partial charge in [-0.25, -0.2) is 0 Å². The molecule has 1 aliphatic heterocycles. The van der Waals surface area contributed by atoms with Gasteiger partial charge in [-0.3, -0.25) is 0 Å². The van der Waals surface area contributed by atoms with Gasteiger partial charge in [0.2, 0.25) is 0 Å². The summed E-state index contributed by atoms with van der Waals surface area (Å²) in [4.78, 5) is 1.33. The molecule has 1 fully saturated rings. The van der Waals surface area contributed by atoms with Crippen molar-refractivity contribution in [2.75, 3.05) is 19.0 Å². The molecule has 0 atom stereocenters. The van der Waals surface area contributed by atoms with Crippen LogP contribution in [0.3, 0.4) is 0 Å². The van der Waals surface area contributed by atoms with Crippen molar-refractivity contribution in [3.05, 3.63) is 29.8 Å². The molecule has 0 spiro atoms. The molecule has 0 aliphatic carbocycles. The third kappa shape index (κ3) is 4.02. The van der Waals surface area contributed by atoms with E-state index < -0.39 is 0 Å². The second-order valence-corrected chi connectivity index (χ2v) is 5.70. The lowest BCUT2D eigenvalue weighted by molar-refractivity contribution is -0.0421. The average molecular weight is 252 g/mol. The molecule has 0 saturated carbocycles. The second kappa shape index (κ2) is 6.43. The first-order chi connectivity index (χ1) is 8.25. The number of benzene rings is 1. The van der Waals surface area contributed by atoms with Crippen molar-refractivity contribution in [1.29, 1.82) is 0 Å². The van der Waals surface area contributed by atoms with Crippen LogP contribution in [0.15, 0.2) is 29.2 Å². The Bertz CT molecular complexity index is 329. The molecule has 94 valence electrons. The standard InChI is InChI=1S/C14H20O2S/c1-11(2)12-3-5-13(6-4-12)17-10-7-14-15-8-9-16-14/h3-6,11,14H,7-10H2,1-2H3. The molecule has 3 heteroatoms. The second-order valence-electron chi connectivity index (χ2n) is 4.53. The summed E-state index contributed by atoms with van der Waals surface area (Å²) in [6.45, 7) is 5.94. The van der Waals surface area contributed by atoms with Crippen molar-refractivity contribution in [3.8, 4) is 0 Å². The van der Waals surface area contributed by atoms with Gasteiger partial charge in [-0.2, -0.15) is 0 Å². The molecule has 0 radical (unpaired) electrons. The van der Waals surface area contributed by atoms with Gasteiger partial charge in [0.05, 0.1) is 13.2 Å². The minimum absolute atomic E-state index is 0.0254. The molecule has 2 nitrogen and oxygen atoms in total. The van der Waals surface area contributed by atoms with Crippen LogP contribution >= 0.6 is 11.8 Å². The molecule has 0 unspecified atom stereocenters. The number of thioether (sulfide) groups is 1. The number of hydrogen-bond donors (Lipinski definition) is 0. The van der Waals surface area contributed by atoms with Gasteiger partial charge in [0, 0.05) is 17.1 Å². The Kier molecular flexibility index (Phi) is 4.89. The van der Waals surface area contributed by atoms with E-state index in [2.05, 4.69) is 38.1 Å². The minimum Gasteiger partial charge on any atom is -0.350 e. The van der Waals surface area contributed by atoms with Crippen LogP contribution < -0.4 is 0 Å². The van der Waals surface area contributed by atoms with E-state index in [1.54, 1.807) is 0 Å². The maximum Gasteiger partial charge on any atom is 0.158 e. The fourth-order valence-corrected chi connectivity index (χ4v) is 2.67. The maximum absolute atomic E-state index is 5.41. The zero-order chi connectivity index (χ0) is 12.1. The predicted octanol–water partition coefficient (Wildman–Crippen LogP) is 3.67. The zero-order valence-corrected chi connectivity index (χ0v) is 11.3. The van der Waals surface area contributed by atoms with Crippen LogP contribution in [0.4, 0.5) is 0 Å². The Morgan fingerprint density at radius 3 is 2.41 bits per heavy atom. The van der Waals surface area contributed by atoms with Crippen LogP contribution in [0, 0.1) is 0 Å². The van der Waals surface area contributed by atoms with Crippen LogP contribution in [0.2, 0.25) is 0 Å². The Hall–Kier alpha value is -0.510. The van der Waals surface area contributed by atoms with E-state index >= 15 is 0 Å². The van der Waals surface area contributed by atoms with Gasteiger partial charge in [-0.15, -0.1) is 11.8 Å². The van der Waals surface area contributed by atoms with Crippen LogP contribution in [0.25, 0.3) is 0 Å². The Morgan fingerprint density at radius 1 is 1.18 bits per heavy atom. The number of hydrogen-bond acceptors (Lipinski definition) is 3. The molecule has 0 amide bonds. The Labute approximate surface area is 108 Å². The van der Waals surface area contributed by atoms with Gasteiger partial charge in [-0.05, 0) is 23.6 Å². The highest BCUT2D eigenvalue weighted by Crippen LogP contribution is 2.23. The van der Waals surface area contributed by atoms with Crippen LogP contribution in [-0.4, -0.2) is 25.3 Å². The third-order valence-electron chi connectivity index (χ3n) is 2.86. The lowest BCUT2D eigenvalue weighted by atomic mass is 10.0. The van der Waals surface area contributed by atoms with E-state index in [1.165, 1.54) is 10.5 Å². The smallest absolute Gasteiger partial charge is 0.158 e. The highest BCUT2D eigenvalue weighted by Gasteiger charge is 2.15. The maximum atomic E-state index is 5.41. The Balaban J connectivity index is 1.74. The monoisotopic (exact) mass is 252 g/mol. The van der Waals surface area contributed by atoms with E-state index in [9.17, 15) is 0 Å². The molecule has 1 aliphatic rings. The molecule has 2 rings (SSSR count). The minimum atomic E-state index is 0.0254. The van der Waals surface area contributed by atoms with E-state index in [-0.39, 0.29) is 6.29 Å². The summed E-state index contributed by atoms with van der Waals surface area (Å²) in [5, 5.41) is 0. The molecule has 1 aromatic rings. The normalized spacial score (nSPS) is 16.9. The summed E-state index contributed by atoms with van der Waals surface area (Å²) in [6, 6.07) is 8.85. The first-order valence-corrected chi connectivity index (χ1v) is 7.20. The molecule has 0 N–H and O–H groups in total. The number of rotatable bonds is 5. The Morgan fingerprint density at radius 2 is 1.82 bits per heavy atom. The fraction of sp³-hybridized carbons (Fsp3) is 0.571. The average Bonchev–Trinajstić information content (AvgIpc) is 2.83. The van der Waals surface area contributed by atoms with Crippen molar-refractivity contribution in [3.63, 3.8) is 0 Å². The van der Waals surface area contributed by atoms with Gasteiger partial charge in [0.1, 0.15) is 0 Å². The van der Waals surface area contributed by atoms with Gasteiger partial charge in [-0.1, -0.05) is 26.0 Å². The molecule has 1 heterocycles. The van der Waals surface area contributed by atoms with Crippen molar-refractivity contribution >= 4 is 11.8 Å². The largest absolute Gasteiger partial charge is 0.350 e. The topological polar surface area (TPSA) is 18.5 Å². The SMILES string of the molecule is CC(C)c1ccc(SCCC2OCCO2)cc1. The lowest BCUT2D eigenvalue weighted by Crippen LogP contribution is -2.08. The van der Waals surface area contributed by atoms with Crippen molar-refractivity contribution < 1.29 is 9.47 Å². The summed E-state index contributed by atoms with van der Waals surface area (Å²) in [7, 11) is 0. The third-order valence-corrected chi connectivity index (χ3v) is 3.91. The summed E-state index contributed by atoms with van der Waals surface area (Å²) in [5.74, 6) is 1.65. The molecule has 1 saturated heterocycles. The van der Waals surface area contributed by atoms with E-state index in [1.807, 2.05) is 11.8 Å². The van der Waals surface area contributed by atoms with Gasteiger partial charge in [0.15, 0.2) is 6.29 Å². The highest BCUT2D eigenvalue weighted by atomic mass is 32.2. The first kappa shape index (κ1) is 12.9. The van der Waals surface area contributed by atoms with Crippen LogP contribution in [0.5, 0.6) is 0 Å². The fourth-order valence-electron chi connectivity index (χ4n) is 1.80. The van der Waals surface area contributed by atoms with E-state index in [4.69, 9.17) is 9.47 Å². The zero-order valence-electron chi connectivity index (χ0n) is 10.5. The van der Waals surface area contributed by atoms with E-state index in [0.29, 0.717) is 5.92 Å². The highest BCUT2D eigenvalue weighted by molar-refractivity contribution is 7.99. The molecular formula is C14H20O2S. The summed E-state index contributed by atoms with van der Waals surface area (Å²) in [6.07, 6.45) is 0.994. The van der Waals surface area contributed by atoms with Gasteiger partial charge >= 0.3 is 0 Å². The van der Waals surface area contributed by atoms with Gasteiger partial charge in [0.25, 0.3) is 0 Å². The molecular weight excluding hydrogens is 232 g/mol. The van der Waals surface area contributed by atoms with E-state index in [0.717, 1.165) is 25.4 Å². The quantitative estimate of drug-likeness (QED) is 0.745. The van der Waals surface area contributed by atoms with Crippen LogP contribution in [0.1, 0.15) is 31.7 Å². The predicted molar refractivity (Wildman–Crippen MR) is 71.6 cm³/mol. The van der Waals surface area contributed by atoms with Crippen molar-refractivity contribution in [2.45, 2.75) is 37.4 Å². The molecule has 1 aromatic carbocycles. The molecule has 17 heavy (non-hydrogen) atoms. The van der Waals surface area contributed by atoms with Crippen molar-refractivity contribution in [2.24, 2.45) is 0 Å². The lowest BCUT2D eigenvalue weighted by Gasteiger charge is -2.09. The molecule has 0 aromatic heterocycles. The summed E-state index contributed by atoms with van der Waals surface area (Å²) >= 11 is 1.87. The molecule has 0 bridgehead atoms. The summed E-state index contributed by atoms with van der Waals surface area (Å²) < 4.78 is 10.8. The van der Waals surface area contributed by atoms with Crippen LogP contribution in [-0.2, 0) is 9.47 Å².